The van der Waals surface area contributed by atoms with E-state index in [9.17, 15) is 9.59 Å². The van der Waals surface area contributed by atoms with Crippen LogP contribution in [0.3, 0.4) is 0 Å². The maximum Gasteiger partial charge on any atom is 0.321 e. The van der Waals surface area contributed by atoms with Crippen LogP contribution >= 0.6 is 11.3 Å². The summed E-state index contributed by atoms with van der Waals surface area (Å²) in [6.07, 6.45) is 1.10. The molecule has 1 aliphatic rings. The molecule has 0 saturated carbocycles. The molecule has 1 aromatic heterocycles. The van der Waals surface area contributed by atoms with Crippen LogP contribution in [0.2, 0.25) is 0 Å². The number of amides is 3. The minimum absolute atomic E-state index is 0.101. The van der Waals surface area contributed by atoms with Gasteiger partial charge in [-0.25, -0.2) is 4.79 Å². The predicted molar refractivity (Wildman–Crippen MR) is 126 cm³/mol. The molecule has 1 saturated heterocycles. The molecule has 1 fully saturated rings. The molecule has 0 radical (unpaired) electrons. The van der Waals surface area contributed by atoms with Crippen molar-refractivity contribution >= 4 is 29.0 Å². The van der Waals surface area contributed by atoms with Gasteiger partial charge in [-0.05, 0) is 59.2 Å². The number of nitrogens with zero attached hydrogens (tertiary/aromatic N) is 1. The van der Waals surface area contributed by atoms with Gasteiger partial charge in [-0.15, -0.1) is 11.3 Å². The minimum Gasteiger partial charge on any atom is -0.340 e. The topological polar surface area (TPSA) is 61.4 Å². The number of carbonyl (C=O) groups is 2. The fraction of sp³-hybridized carbons (Fsp3) is 0.280. The van der Waals surface area contributed by atoms with E-state index in [2.05, 4.69) is 48.7 Å². The Balaban J connectivity index is 1.53. The maximum atomic E-state index is 13.0. The van der Waals surface area contributed by atoms with Gasteiger partial charge >= 0.3 is 6.03 Å². The predicted octanol–water partition coefficient (Wildman–Crippen LogP) is 5.31. The molecule has 2 aromatic carbocycles. The fourth-order valence-corrected chi connectivity index (χ4v) is 4.55. The number of anilines is 1. The monoisotopic (exact) mass is 433 g/mol. The average Bonchev–Trinajstić information content (AvgIpc) is 3.49. The first-order valence-electron chi connectivity index (χ1n) is 10.7. The van der Waals surface area contributed by atoms with E-state index in [-0.39, 0.29) is 18.0 Å². The summed E-state index contributed by atoms with van der Waals surface area (Å²) in [7, 11) is 0. The van der Waals surface area contributed by atoms with Crippen molar-refractivity contribution in [3.8, 4) is 0 Å². The van der Waals surface area contributed by atoms with Gasteiger partial charge in [0, 0.05) is 29.2 Å². The normalized spacial score (nSPS) is 15.4. The van der Waals surface area contributed by atoms with Gasteiger partial charge in [0.05, 0.1) is 6.04 Å². The van der Waals surface area contributed by atoms with Crippen LogP contribution < -0.4 is 15.5 Å². The number of nitrogens with one attached hydrogen (secondary N) is 2. The summed E-state index contributed by atoms with van der Waals surface area (Å²) in [6.45, 7) is 5.69. The standard InChI is InChI=1S/C25H27N3O2S/c1-3-17(2)18-6-8-19(9-7-18)23(22-5-4-16-31-22)27-24(29)20-10-12-21(13-11-20)28-15-14-26-25(28)30/h4-13,16-17,23H,3,14-15H2,1-2H3,(H,26,30)(H,27,29). The van der Waals surface area contributed by atoms with Crippen LogP contribution in [0.1, 0.15) is 58.6 Å². The Kier molecular flexibility index (Phi) is 6.37. The molecular formula is C25H27N3O2S. The molecule has 31 heavy (non-hydrogen) atoms. The summed E-state index contributed by atoms with van der Waals surface area (Å²) in [5.41, 5.74) is 3.74. The molecular weight excluding hydrogens is 406 g/mol. The molecule has 2 unspecified atom stereocenters. The fourth-order valence-electron chi connectivity index (χ4n) is 3.75. The SMILES string of the molecule is CCC(C)c1ccc(C(NC(=O)c2ccc(N3CCNC3=O)cc2)c2cccs2)cc1. The average molecular weight is 434 g/mol. The highest BCUT2D eigenvalue weighted by Gasteiger charge is 2.22. The van der Waals surface area contributed by atoms with E-state index in [1.54, 1.807) is 28.4 Å². The zero-order valence-corrected chi connectivity index (χ0v) is 18.6. The summed E-state index contributed by atoms with van der Waals surface area (Å²) in [6, 6.07) is 19.5. The van der Waals surface area contributed by atoms with Crippen LogP contribution in [-0.4, -0.2) is 25.0 Å². The van der Waals surface area contributed by atoms with E-state index in [1.807, 2.05) is 29.6 Å². The highest BCUT2D eigenvalue weighted by atomic mass is 32.1. The lowest BCUT2D eigenvalue weighted by atomic mass is 9.95. The Morgan fingerprint density at radius 1 is 1.10 bits per heavy atom. The summed E-state index contributed by atoms with van der Waals surface area (Å²) >= 11 is 1.63. The third kappa shape index (κ3) is 4.64. The second-order valence-corrected chi connectivity index (χ2v) is 8.81. The van der Waals surface area contributed by atoms with E-state index < -0.39 is 0 Å². The van der Waals surface area contributed by atoms with Crippen LogP contribution in [0.25, 0.3) is 0 Å². The van der Waals surface area contributed by atoms with E-state index in [1.165, 1.54) is 5.56 Å². The number of benzene rings is 2. The van der Waals surface area contributed by atoms with Crippen molar-refractivity contribution < 1.29 is 9.59 Å². The minimum atomic E-state index is -0.206. The molecule has 3 aromatic rings. The van der Waals surface area contributed by atoms with Crippen molar-refractivity contribution in [2.75, 3.05) is 18.0 Å². The lowest BCUT2D eigenvalue weighted by molar-refractivity contribution is 0.0943. The van der Waals surface area contributed by atoms with Crippen molar-refractivity contribution in [2.24, 2.45) is 0 Å². The molecule has 4 rings (SSSR count). The molecule has 2 atom stereocenters. The van der Waals surface area contributed by atoms with Crippen molar-refractivity contribution in [3.63, 3.8) is 0 Å². The molecule has 6 heteroatoms. The van der Waals surface area contributed by atoms with Crippen molar-refractivity contribution in [1.82, 2.24) is 10.6 Å². The van der Waals surface area contributed by atoms with Gasteiger partial charge in [0.1, 0.15) is 0 Å². The zero-order chi connectivity index (χ0) is 21.8. The van der Waals surface area contributed by atoms with Crippen LogP contribution in [-0.2, 0) is 0 Å². The first-order chi connectivity index (χ1) is 15.1. The maximum absolute atomic E-state index is 13.0. The third-order valence-electron chi connectivity index (χ3n) is 5.85. The third-order valence-corrected chi connectivity index (χ3v) is 6.79. The smallest absolute Gasteiger partial charge is 0.321 e. The van der Waals surface area contributed by atoms with Gasteiger partial charge in [-0.3, -0.25) is 9.69 Å². The van der Waals surface area contributed by atoms with Crippen molar-refractivity contribution in [2.45, 2.75) is 32.2 Å². The van der Waals surface area contributed by atoms with Gasteiger partial charge in [0.2, 0.25) is 0 Å². The van der Waals surface area contributed by atoms with E-state index in [0.29, 0.717) is 24.6 Å². The highest BCUT2D eigenvalue weighted by molar-refractivity contribution is 7.10. The van der Waals surface area contributed by atoms with E-state index in [4.69, 9.17) is 0 Å². The van der Waals surface area contributed by atoms with Crippen molar-refractivity contribution in [1.29, 1.82) is 0 Å². The quantitative estimate of drug-likeness (QED) is 0.530. The largest absolute Gasteiger partial charge is 0.340 e. The molecule has 5 nitrogen and oxygen atoms in total. The second kappa shape index (κ2) is 9.35. The molecule has 0 aliphatic carbocycles. The number of thiophene rings is 1. The van der Waals surface area contributed by atoms with Crippen LogP contribution in [0, 0.1) is 0 Å². The van der Waals surface area contributed by atoms with Gasteiger partial charge in [-0.2, -0.15) is 0 Å². The number of hydrogen-bond acceptors (Lipinski definition) is 3. The molecule has 0 bridgehead atoms. The Labute approximate surface area is 187 Å². The Morgan fingerprint density at radius 3 is 2.39 bits per heavy atom. The van der Waals surface area contributed by atoms with Gasteiger partial charge in [0.25, 0.3) is 5.91 Å². The van der Waals surface area contributed by atoms with Gasteiger partial charge in [-0.1, -0.05) is 44.2 Å². The Morgan fingerprint density at radius 2 is 1.81 bits per heavy atom. The first kappa shape index (κ1) is 21.1. The van der Waals surface area contributed by atoms with Gasteiger partial charge < -0.3 is 10.6 Å². The number of urea groups is 1. The molecule has 3 amide bonds. The zero-order valence-electron chi connectivity index (χ0n) is 17.8. The molecule has 2 heterocycles. The second-order valence-electron chi connectivity index (χ2n) is 7.83. The van der Waals surface area contributed by atoms with E-state index in [0.717, 1.165) is 22.5 Å². The van der Waals surface area contributed by atoms with E-state index >= 15 is 0 Å². The highest BCUT2D eigenvalue weighted by Crippen LogP contribution is 2.28. The number of carbonyl (C=O) groups excluding carboxylic acids is 2. The van der Waals surface area contributed by atoms with Crippen LogP contribution in [0.4, 0.5) is 10.5 Å². The lowest BCUT2D eigenvalue weighted by Gasteiger charge is -2.20. The number of hydrogen-bond donors (Lipinski definition) is 2. The summed E-state index contributed by atoms with van der Waals surface area (Å²) in [5, 5.41) is 8.01. The van der Waals surface area contributed by atoms with Crippen LogP contribution in [0.5, 0.6) is 0 Å². The molecule has 2 N–H and O–H groups in total. The molecule has 0 spiro atoms. The Bertz CT molecular complexity index is 1030. The summed E-state index contributed by atoms with van der Waals surface area (Å²) in [4.78, 5) is 27.7. The lowest BCUT2D eigenvalue weighted by Crippen LogP contribution is -2.29. The van der Waals surface area contributed by atoms with Gasteiger partial charge in [0.15, 0.2) is 0 Å². The molecule has 160 valence electrons. The number of rotatable bonds is 7. The molecule has 1 aliphatic heterocycles. The van der Waals surface area contributed by atoms with Crippen LogP contribution in [0.15, 0.2) is 66.0 Å². The summed E-state index contributed by atoms with van der Waals surface area (Å²) < 4.78 is 0. The van der Waals surface area contributed by atoms with Crippen molar-refractivity contribution in [3.05, 3.63) is 87.6 Å². The summed E-state index contributed by atoms with van der Waals surface area (Å²) in [5.74, 6) is 0.377. The first-order valence-corrected chi connectivity index (χ1v) is 11.5. The Hall–Kier alpha value is -3.12.